The number of rotatable bonds is 3. The molecule has 116 valence electrons. The molecule has 1 N–H and O–H groups in total. The zero-order valence-corrected chi connectivity index (χ0v) is 14.2. The van der Waals surface area contributed by atoms with Gasteiger partial charge >= 0.3 is 0 Å². The molecule has 5 nitrogen and oxygen atoms in total. The standard InChI is InChI=1S/C13H9Cl3N2O3S/c1-22(20,21)8-4-2-7(3-5-8)18-13(19)12-11(16)10(15)9(14)6-17-12/h2-6H,1H3,(H,18,19). The van der Waals surface area contributed by atoms with E-state index in [1.54, 1.807) is 0 Å². The number of pyridine rings is 1. The summed E-state index contributed by atoms with van der Waals surface area (Å²) in [5, 5.41) is 2.66. The van der Waals surface area contributed by atoms with Crippen LogP contribution in [0.5, 0.6) is 0 Å². The number of amides is 1. The Labute approximate surface area is 142 Å². The van der Waals surface area contributed by atoms with Gasteiger partial charge < -0.3 is 5.32 Å². The van der Waals surface area contributed by atoms with Gasteiger partial charge in [0, 0.05) is 18.1 Å². The molecule has 0 aliphatic heterocycles. The second-order valence-corrected chi connectivity index (χ2v) is 7.51. The molecule has 0 spiro atoms. The Hall–Kier alpha value is -1.34. The number of carbonyl (C=O) groups excluding carboxylic acids is 1. The topological polar surface area (TPSA) is 76.1 Å². The van der Waals surface area contributed by atoms with Crippen LogP contribution in [0.2, 0.25) is 15.1 Å². The van der Waals surface area contributed by atoms with Gasteiger partial charge in [0.25, 0.3) is 5.91 Å². The summed E-state index contributed by atoms with van der Waals surface area (Å²) in [6, 6.07) is 5.68. The first kappa shape index (κ1) is 17.0. The highest BCUT2D eigenvalue weighted by molar-refractivity contribution is 7.90. The van der Waals surface area contributed by atoms with Crippen LogP contribution in [0.15, 0.2) is 35.4 Å². The number of benzene rings is 1. The van der Waals surface area contributed by atoms with Gasteiger partial charge in [0.1, 0.15) is 5.69 Å². The van der Waals surface area contributed by atoms with Crippen molar-refractivity contribution in [2.24, 2.45) is 0 Å². The molecular formula is C13H9Cl3N2O3S. The van der Waals surface area contributed by atoms with E-state index >= 15 is 0 Å². The van der Waals surface area contributed by atoms with Crippen molar-refractivity contribution in [3.63, 3.8) is 0 Å². The molecule has 1 aromatic carbocycles. The minimum Gasteiger partial charge on any atom is -0.321 e. The average Bonchev–Trinajstić information content (AvgIpc) is 2.44. The Bertz CT molecular complexity index is 836. The summed E-state index contributed by atoms with van der Waals surface area (Å²) in [4.78, 5) is 16.1. The van der Waals surface area contributed by atoms with Crippen molar-refractivity contribution < 1.29 is 13.2 Å². The van der Waals surface area contributed by atoms with E-state index in [1.807, 2.05) is 0 Å². The molecule has 1 amide bonds. The van der Waals surface area contributed by atoms with Gasteiger partial charge in [-0.2, -0.15) is 0 Å². The predicted molar refractivity (Wildman–Crippen MR) is 86.8 cm³/mol. The van der Waals surface area contributed by atoms with Crippen LogP contribution in [0.3, 0.4) is 0 Å². The molecule has 0 aliphatic carbocycles. The Morgan fingerprint density at radius 2 is 1.68 bits per heavy atom. The fourth-order valence-electron chi connectivity index (χ4n) is 1.58. The number of sulfone groups is 1. The lowest BCUT2D eigenvalue weighted by Crippen LogP contribution is -2.14. The SMILES string of the molecule is CS(=O)(=O)c1ccc(NC(=O)c2ncc(Cl)c(Cl)c2Cl)cc1. The summed E-state index contributed by atoms with van der Waals surface area (Å²) in [6.07, 6.45) is 2.32. The van der Waals surface area contributed by atoms with Crippen LogP contribution in [0.25, 0.3) is 0 Å². The third kappa shape index (κ3) is 3.70. The summed E-state index contributed by atoms with van der Waals surface area (Å²) < 4.78 is 22.7. The highest BCUT2D eigenvalue weighted by Crippen LogP contribution is 2.31. The first-order valence-corrected chi connectivity index (χ1v) is 8.83. The van der Waals surface area contributed by atoms with E-state index in [2.05, 4.69) is 10.3 Å². The molecule has 1 aromatic heterocycles. The maximum absolute atomic E-state index is 12.1. The van der Waals surface area contributed by atoms with Crippen molar-refractivity contribution in [1.82, 2.24) is 4.98 Å². The van der Waals surface area contributed by atoms with Crippen LogP contribution in [0.4, 0.5) is 5.69 Å². The molecule has 9 heteroatoms. The number of nitrogens with one attached hydrogen (secondary N) is 1. The lowest BCUT2D eigenvalue weighted by molar-refractivity contribution is 0.102. The van der Waals surface area contributed by atoms with E-state index in [0.717, 1.165) is 6.26 Å². The number of nitrogens with zero attached hydrogens (tertiary/aromatic N) is 1. The molecule has 1 heterocycles. The molecule has 2 rings (SSSR count). The lowest BCUT2D eigenvalue weighted by atomic mass is 10.3. The summed E-state index contributed by atoms with van der Waals surface area (Å²) in [6.45, 7) is 0. The maximum atomic E-state index is 12.1. The zero-order chi connectivity index (χ0) is 16.5. The first-order valence-electron chi connectivity index (χ1n) is 5.81. The van der Waals surface area contributed by atoms with Crippen molar-refractivity contribution in [2.45, 2.75) is 4.90 Å². The lowest BCUT2D eigenvalue weighted by Gasteiger charge is -2.08. The quantitative estimate of drug-likeness (QED) is 0.882. The third-order valence-electron chi connectivity index (χ3n) is 2.67. The van der Waals surface area contributed by atoms with Crippen LogP contribution in [0.1, 0.15) is 10.5 Å². The van der Waals surface area contributed by atoms with Crippen molar-refractivity contribution in [3.8, 4) is 0 Å². The first-order chi connectivity index (χ1) is 10.2. The zero-order valence-electron chi connectivity index (χ0n) is 11.1. The number of halogens is 3. The highest BCUT2D eigenvalue weighted by atomic mass is 35.5. The van der Waals surface area contributed by atoms with Crippen LogP contribution in [-0.2, 0) is 9.84 Å². The van der Waals surface area contributed by atoms with Gasteiger partial charge in [-0.3, -0.25) is 4.79 Å². The minimum atomic E-state index is -3.30. The fourth-order valence-corrected chi connectivity index (χ4v) is 2.77. The number of carbonyl (C=O) groups is 1. The van der Waals surface area contributed by atoms with E-state index < -0.39 is 15.7 Å². The Balaban J connectivity index is 2.24. The van der Waals surface area contributed by atoms with Crippen LogP contribution in [-0.4, -0.2) is 25.6 Å². The largest absolute Gasteiger partial charge is 0.321 e. The highest BCUT2D eigenvalue weighted by Gasteiger charge is 2.17. The normalized spacial score (nSPS) is 11.3. The Morgan fingerprint density at radius 1 is 1.09 bits per heavy atom. The van der Waals surface area contributed by atoms with Crippen molar-refractivity contribution in [3.05, 3.63) is 51.2 Å². The summed E-state index contributed by atoms with van der Waals surface area (Å²) in [5.74, 6) is -0.587. The van der Waals surface area contributed by atoms with Crippen molar-refractivity contribution >= 4 is 56.2 Å². The number of hydrogen-bond acceptors (Lipinski definition) is 4. The molecule has 0 fully saturated rings. The van der Waals surface area contributed by atoms with Gasteiger partial charge in [-0.15, -0.1) is 0 Å². The summed E-state index contributed by atoms with van der Waals surface area (Å²) >= 11 is 17.5. The second kappa shape index (κ2) is 6.42. The minimum absolute atomic E-state index is 0.0379. The maximum Gasteiger partial charge on any atom is 0.275 e. The second-order valence-electron chi connectivity index (χ2n) is 4.33. The number of anilines is 1. The molecular weight excluding hydrogens is 371 g/mol. The molecule has 0 atom stereocenters. The summed E-state index contributed by atoms with van der Waals surface area (Å²) in [7, 11) is -3.30. The predicted octanol–water partition coefficient (Wildman–Crippen LogP) is 3.70. The van der Waals surface area contributed by atoms with E-state index in [-0.39, 0.29) is 25.7 Å². The van der Waals surface area contributed by atoms with Crippen LogP contribution in [0, 0.1) is 0 Å². The Kier molecular flexibility index (Phi) is 4.97. The smallest absolute Gasteiger partial charge is 0.275 e. The van der Waals surface area contributed by atoms with E-state index in [1.165, 1.54) is 30.5 Å². The van der Waals surface area contributed by atoms with Gasteiger partial charge in [-0.25, -0.2) is 13.4 Å². The molecule has 0 unspecified atom stereocenters. The monoisotopic (exact) mass is 378 g/mol. The molecule has 0 radical (unpaired) electrons. The molecule has 22 heavy (non-hydrogen) atoms. The van der Waals surface area contributed by atoms with Gasteiger partial charge in [-0.05, 0) is 24.3 Å². The van der Waals surface area contributed by atoms with Gasteiger partial charge in [0.15, 0.2) is 9.84 Å². The van der Waals surface area contributed by atoms with Crippen LogP contribution >= 0.6 is 34.8 Å². The van der Waals surface area contributed by atoms with Crippen molar-refractivity contribution in [1.29, 1.82) is 0 Å². The van der Waals surface area contributed by atoms with Gasteiger partial charge in [0.2, 0.25) is 0 Å². The number of aromatic nitrogens is 1. The molecule has 0 saturated heterocycles. The van der Waals surface area contributed by atoms with Gasteiger partial charge in [-0.1, -0.05) is 34.8 Å². The van der Waals surface area contributed by atoms with E-state index in [9.17, 15) is 13.2 Å². The molecule has 0 bridgehead atoms. The van der Waals surface area contributed by atoms with Crippen LogP contribution < -0.4 is 5.32 Å². The van der Waals surface area contributed by atoms with Gasteiger partial charge in [0.05, 0.1) is 20.0 Å². The van der Waals surface area contributed by atoms with Crippen molar-refractivity contribution in [2.75, 3.05) is 11.6 Å². The van der Waals surface area contributed by atoms with E-state index in [0.29, 0.717) is 5.69 Å². The number of hydrogen-bond donors (Lipinski definition) is 1. The molecule has 2 aromatic rings. The molecule has 0 saturated carbocycles. The Morgan fingerprint density at radius 3 is 2.23 bits per heavy atom. The third-order valence-corrected chi connectivity index (χ3v) is 5.04. The van der Waals surface area contributed by atoms with E-state index in [4.69, 9.17) is 34.8 Å². The fraction of sp³-hybridized carbons (Fsp3) is 0.0769. The summed E-state index contributed by atoms with van der Waals surface area (Å²) in [5.41, 5.74) is 0.310. The average molecular weight is 380 g/mol. The molecule has 0 aliphatic rings.